The van der Waals surface area contributed by atoms with Crippen molar-refractivity contribution in [1.82, 2.24) is 0 Å². The maximum absolute atomic E-state index is 13.1. The number of rotatable bonds is 30. The minimum atomic E-state index is -0.300. The molecule has 0 unspecified atom stereocenters. The molecule has 0 aliphatic heterocycles. The van der Waals surface area contributed by atoms with Crippen molar-refractivity contribution in [2.24, 2.45) is 0 Å². The molecule has 0 heterocycles. The number of carbonyl (C=O) groups excluding carboxylic acids is 2. The number of esters is 2. The Hall–Kier alpha value is -0.521. The van der Waals surface area contributed by atoms with Crippen LogP contribution in [0.4, 0.5) is 0 Å². The maximum atomic E-state index is 13.1. The fraction of sp³-hybridized carbons (Fsp3) is 0.889. The molecular formula is C36H72O4Sn. The first-order valence-electron chi connectivity index (χ1n) is 17.7. The van der Waals surface area contributed by atoms with E-state index in [-0.39, 0.29) is 35.8 Å². The fourth-order valence-corrected chi connectivity index (χ4v) is 5.14. The minimum absolute atomic E-state index is 0. The van der Waals surface area contributed by atoms with Crippen molar-refractivity contribution in [3.8, 4) is 0 Å². The van der Waals surface area contributed by atoms with Crippen molar-refractivity contribution < 1.29 is 19.1 Å². The summed E-state index contributed by atoms with van der Waals surface area (Å²) in [6, 6.07) is 0. The van der Waals surface area contributed by atoms with Crippen LogP contribution in [0.25, 0.3) is 0 Å². The molecule has 0 aliphatic carbocycles. The van der Waals surface area contributed by atoms with Gasteiger partial charge in [-0.2, -0.15) is 0 Å². The molecule has 244 valence electrons. The second kappa shape index (κ2) is 34.0. The van der Waals surface area contributed by atoms with Crippen molar-refractivity contribution in [2.45, 2.75) is 195 Å². The van der Waals surface area contributed by atoms with Crippen molar-refractivity contribution in [2.75, 3.05) is 13.2 Å². The summed E-state index contributed by atoms with van der Waals surface area (Å²) in [5.41, 5.74) is 1.13. The van der Waals surface area contributed by atoms with Gasteiger partial charge < -0.3 is 9.47 Å². The average molecular weight is 688 g/mol. The molecule has 0 spiro atoms. The van der Waals surface area contributed by atoms with Gasteiger partial charge in [-0.3, -0.25) is 0 Å². The van der Waals surface area contributed by atoms with Crippen molar-refractivity contribution in [1.29, 1.82) is 0 Å². The average Bonchev–Trinajstić information content (AvgIpc) is 2.96. The summed E-state index contributed by atoms with van der Waals surface area (Å²) < 4.78 is 11.4. The van der Waals surface area contributed by atoms with E-state index in [0.29, 0.717) is 37.2 Å². The van der Waals surface area contributed by atoms with Crippen LogP contribution in [0.15, 0.2) is 11.1 Å². The summed E-state index contributed by atoms with van der Waals surface area (Å²) in [7, 11) is 0. The second-order valence-electron chi connectivity index (χ2n) is 11.8. The molecule has 0 atom stereocenters. The topological polar surface area (TPSA) is 52.6 Å². The van der Waals surface area contributed by atoms with E-state index in [0.717, 1.165) is 51.4 Å². The number of ether oxygens (including phenoxy) is 2. The van der Waals surface area contributed by atoms with Gasteiger partial charge in [-0.1, -0.05) is 156 Å². The van der Waals surface area contributed by atoms with Crippen molar-refractivity contribution in [3.63, 3.8) is 0 Å². The van der Waals surface area contributed by atoms with Crippen LogP contribution in [-0.4, -0.2) is 49.1 Å². The van der Waals surface area contributed by atoms with Gasteiger partial charge in [-0.25, -0.2) is 9.59 Å². The number of carbonyl (C=O) groups is 2. The van der Waals surface area contributed by atoms with E-state index in [4.69, 9.17) is 9.47 Å². The monoisotopic (exact) mass is 688 g/mol. The first kappa shape index (κ1) is 42.6. The van der Waals surface area contributed by atoms with Gasteiger partial charge in [0.2, 0.25) is 0 Å². The molecular weight excluding hydrogens is 615 g/mol. The van der Waals surface area contributed by atoms with Crippen LogP contribution in [0.5, 0.6) is 0 Å². The van der Waals surface area contributed by atoms with Gasteiger partial charge in [0.05, 0.1) is 13.2 Å². The van der Waals surface area contributed by atoms with Crippen LogP contribution < -0.4 is 0 Å². The van der Waals surface area contributed by atoms with Gasteiger partial charge in [0.15, 0.2) is 0 Å². The van der Waals surface area contributed by atoms with E-state index in [2.05, 4.69) is 27.7 Å². The van der Waals surface area contributed by atoms with Crippen LogP contribution in [0, 0.1) is 0 Å². The van der Waals surface area contributed by atoms with E-state index in [1.807, 2.05) is 0 Å². The molecule has 0 radical (unpaired) electrons. The Labute approximate surface area is 272 Å². The molecule has 0 aromatic heterocycles. The third-order valence-electron chi connectivity index (χ3n) is 7.88. The Balaban J connectivity index is 0. The molecule has 0 aromatic carbocycles. The van der Waals surface area contributed by atoms with Crippen LogP contribution in [-0.2, 0) is 19.1 Å². The summed E-state index contributed by atoms with van der Waals surface area (Å²) >= 11 is 0. The van der Waals surface area contributed by atoms with E-state index >= 15 is 0 Å². The number of unbranched alkanes of at least 4 members (excludes halogenated alkanes) is 20. The summed E-state index contributed by atoms with van der Waals surface area (Å²) in [5.74, 6) is -0.599. The molecule has 0 fully saturated rings. The molecule has 0 amide bonds. The Bertz CT molecular complexity index is 565. The van der Waals surface area contributed by atoms with Crippen LogP contribution in [0.3, 0.4) is 0 Å². The van der Waals surface area contributed by atoms with Gasteiger partial charge in [-0.15, -0.1) is 0 Å². The summed E-state index contributed by atoms with van der Waals surface area (Å²) in [6.07, 6.45) is 29.9. The summed E-state index contributed by atoms with van der Waals surface area (Å²) in [5, 5.41) is 0. The van der Waals surface area contributed by atoms with E-state index in [1.54, 1.807) is 0 Å². The molecule has 0 saturated heterocycles. The Morgan fingerprint density at radius 3 is 0.878 bits per heavy atom. The first-order valence-corrected chi connectivity index (χ1v) is 17.7. The van der Waals surface area contributed by atoms with E-state index in [1.165, 1.54) is 103 Å². The second-order valence-corrected chi connectivity index (χ2v) is 11.8. The standard InChI is InChI=1S/C36H68O4.Sn.4H/c1-5-9-13-15-17-19-21-23-25-27-31-39-35(37)33(29-11-7-3)34(30-12-8-4)36(38)40-32-28-26-24-22-20-18-16-14-10-6-2;;;;;/h5-32H2,1-4H3;;;;;/b34-33-;;;;;. The summed E-state index contributed by atoms with van der Waals surface area (Å²) in [4.78, 5) is 26.2. The van der Waals surface area contributed by atoms with Gasteiger partial charge >= 0.3 is 35.8 Å². The third-order valence-corrected chi connectivity index (χ3v) is 7.88. The van der Waals surface area contributed by atoms with E-state index < -0.39 is 0 Å². The molecule has 0 aliphatic rings. The fourth-order valence-electron chi connectivity index (χ4n) is 5.14. The first-order chi connectivity index (χ1) is 19.6. The van der Waals surface area contributed by atoms with Crippen LogP contribution >= 0.6 is 0 Å². The van der Waals surface area contributed by atoms with Crippen molar-refractivity contribution >= 4 is 35.8 Å². The Kier molecular flexibility index (Phi) is 35.3. The quantitative estimate of drug-likeness (QED) is 0.0327. The molecule has 5 heteroatoms. The molecule has 0 bridgehead atoms. The Morgan fingerprint density at radius 2 is 0.610 bits per heavy atom. The molecule has 41 heavy (non-hydrogen) atoms. The molecule has 0 N–H and O–H groups in total. The Morgan fingerprint density at radius 1 is 0.366 bits per heavy atom. The van der Waals surface area contributed by atoms with Gasteiger partial charge in [0.25, 0.3) is 0 Å². The van der Waals surface area contributed by atoms with Gasteiger partial charge in [-0.05, 0) is 38.5 Å². The molecule has 0 aromatic rings. The van der Waals surface area contributed by atoms with Gasteiger partial charge in [0.1, 0.15) is 0 Å². The van der Waals surface area contributed by atoms with Gasteiger partial charge in [0, 0.05) is 11.1 Å². The van der Waals surface area contributed by atoms with E-state index in [9.17, 15) is 9.59 Å². The third kappa shape index (κ3) is 26.8. The zero-order valence-electron chi connectivity index (χ0n) is 27.4. The number of hydrogen-bond acceptors (Lipinski definition) is 4. The zero-order valence-corrected chi connectivity index (χ0v) is 27.4. The molecule has 4 nitrogen and oxygen atoms in total. The predicted octanol–water partition coefficient (Wildman–Crippen LogP) is 10.1. The van der Waals surface area contributed by atoms with Crippen molar-refractivity contribution in [3.05, 3.63) is 11.1 Å². The number of hydrogen-bond donors (Lipinski definition) is 0. The predicted molar refractivity (Wildman–Crippen MR) is 183 cm³/mol. The zero-order chi connectivity index (χ0) is 29.5. The molecule has 0 rings (SSSR count). The molecule has 0 saturated carbocycles. The van der Waals surface area contributed by atoms with Crippen LogP contribution in [0.2, 0.25) is 0 Å². The SMILES string of the molecule is CCCCCCCCCCCCOC(=O)/C(CCCC)=C(/CCCC)C(=O)OCCCCCCCCCCCC.[SnH4]. The summed E-state index contributed by atoms with van der Waals surface area (Å²) in [6.45, 7) is 9.63. The van der Waals surface area contributed by atoms with Crippen LogP contribution in [0.1, 0.15) is 195 Å². The normalized spacial score (nSPS) is 11.6.